The molecule has 0 bridgehead atoms. The van der Waals surface area contributed by atoms with Gasteiger partial charge in [0.05, 0.1) is 13.2 Å². The molecule has 5 rings (SSSR count). The van der Waals surface area contributed by atoms with E-state index in [0.29, 0.717) is 19.6 Å². The van der Waals surface area contributed by atoms with Crippen molar-refractivity contribution in [3.05, 3.63) is 95.7 Å². The Morgan fingerprint density at radius 3 is 2.53 bits per heavy atom. The second-order valence-electron chi connectivity index (χ2n) is 8.15. The molecule has 0 aliphatic carbocycles. The molecule has 162 valence electrons. The van der Waals surface area contributed by atoms with Gasteiger partial charge in [-0.1, -0.05) is 42.5 Å². The largest absolute Gasteiger partial charge is 0.497 e. The minimum absolute atomic E-state index is 0.0442. The Morgan fingerprint density at radius 2 is 1.75 bits per heavy atom. The first-order valence-corrected chi connectivity index (χ1v) is 10.9. The van der Waals surface area contributed by atoms with Crippen LogP contribution in [0.2, 0.25) is 0 Å². The number of nitrogens with zero attached hydrogens (tertiary/aromatic N) is 1. The zero-order valence-electron chi connectivity index (χ0n) is 18.1. The van der Waals surface area contributed by atoms with Crippen LogP contribution in [0.1, 0.15) is 35.6 Å². The molecule has 1 unspecified atom stereocenters. The van der Waals surface area contributed by atoms with Gasteiger partial charge in [-0.3, -0.25) is 4.79 Å². The Hall–Kier alpha value is -3.73. The lowest BCUT2D eigenvalue weighted by atomic mass is 10.0. The second-order valence-corrected chi connectivity index (χ2v) is 8.15. The maximum atomic E-state index is 12.7. The Balaban J connectivity index is 1.38. The highest BCUT2D eigenvalue weighted by atomic mass is 16.5. The molecule has 1 N–H and O–H groups in total. The van der Waals surface area contributed by atoms with Gasteiger partial charge in [0.15, 0.2) is 0 Å². The van der Waals surface area contributed by atoms with Gasteiger partial charge in [-0.15, -0.1) is 0 Å². The van der Waals surface area contributed by atoms with E-state index in [-0.39, 0.29) is 11.9 Å². The van der Waals surface area contributed by atoms with Gasteiger partial charge >= 0.3 is 0 Å². The van der Waals surface area contributed by atoms with Crippen LogP contribution in [0.15, 0.2) is 79.0 Å². The van der Waals surface area contributed by atoms with Gasteiger partial charge in [0.1, 0.15) is 18.1 Å². The van der Waals surface area contributed by atoms with Gasteiger partial charge in [0.25, 0.3) is 0 Å². The zero-order chi connectivity index (χ0) is 21.9. The number of fused-ring (bicyclic) bond motifs is 1. The average molecular weight is 427 g/mol. The van der Waals surface area contributed by atoms with Crippen LogP contribution >= 0.6 is 0 Å². The van der Waals surface area contributed by atoms with Gasteiger partial charge in [-0.2, -0.15) is 0 Å². The monoisotopic (exact) mass is 426 g/mol. The van der Waals surface area contributed by atoms with Crippen LogP contribution in [0.5, 0.6) is 11.5 Å². The molecule has 1 aromatic heterocycles. The van der Waals surface area contributed by atoms with Gasteiger partial charge in [0, 0.05) is 35.6 Å². The summed E-state index contributed by atoms with van der Waals surface area (Å²) in [5, 5.41) is 1.11. The smallest absolute Gasteiger partial charge is 0.223 e. The van der Waals surface area contributed by atoms with Crippen LogP contribution in [-0.4, -0.2) is 22.9 Å². The molecule has 2 heterocycles. The van der Waals surface area contributed by atoms with Crippen molar-refractivity contribution in [3.63, 3.8) is 0 Å². The van der Waals surface area contributed by atoms with E-state index in [0.717, 1.165) is 45.5 Å². The van der Waals surface area contributed by atoms with Crippen molar-refractivity contribution in [2.75, 3.05) is 7.11 Å². The van der Waals surface area contributed by atoms with Crippen molar-refractivity contribution >= 4 is 16.8 Å². The molecule has 32 heavy (non-hydrogen) atoms. The van der Waals surface area contributed by atoms with E-state index in [9.17, 15) is 4.79 Å². The zero-order valence-corrected chi connectivity index (χ0v) is 18.1. The quantitative estimate of drug-likeness (QED) is 0.417. The van der Waals surface area contributed by atoms with Crippen LogP contribution in [0.25, 0.3) is 10.9 Å². The molecule has 0 spiro atoms. The summed E-state index contributed by atoms with van der Waals surface area (Å²) in [6, 6.07) is 24.2. The molecule has 1 amide bonds. The van der Waals surface area contributed by atoms with Gasteiger partial charge in [-0.05, 0) is 47.9 Å². The Bertz CT molecular complexity index is 1210. The van der Waals surface area contributed by atoms with Crippen LogP contribution < -0.4 is 9.47 Å². The van der Waals surface area contributed by atoms with E-state index >= 15 is 0 Å². The number of carbonyl (C=O) groups is 1. The number of amides is 1. The summed E-state index contributed by atoms with van der Waals surface area (Å²) in [6.45, 7) is 1.11. The number of likely N-dealkylation sites (tertiary alicyclic amines) is 1. The number of ether oxygens (including phenoxy) is 2. The molecule has 1 fully saturated rings. The van der Waals surface area contributed by atoms with Crippen molar-refractivity contribution in [1.29, 1.82) is 0 Å². The van der Waals surface area contributed by atoms with Gasteiger partial charge < -0.3 is 19.4 Å². The van der Waals surface area contributed by atoms with Crippen molar-refractivity contribution in [3.8, 4) is 11.5 Å². The first-order valence-electron chi connectivity index (χ1n) is 10.9. The van der Waals surface area contributed by atoms with Gasteiger partial charge in [-0.25, -0.2) is 0 Å². The number of rotatable bonds is 7. The summed E-state index contributed by atoms with van der Waals surface area (Å²) in [4.78, 5) is 18.1. The summed E-state index contributed by atoms with van der Waals surface area (Å²) < 4.78 is 11.3. The number of carbonyl (C=O) groups excluding carboxylic acids is 1. The van der Waals surface area contributed by atoms with Crippen molar-refractivity contribution in [2.24, 2.45) is 0 Å². The number of aromatic nitrogens is 1. The molecule has 1 aliphatic heterocycles. The lowest BCUT2D eigenvalue weighted by Gasteiger charge is -2.25. The molecule has 0 saturated carbocycles. The molecule has 3 aromatic carbocycles. The number of methoxy groups -OCH3 is 1. The Kier molecular flexibility index (Phi) is 5.55. The third-order valence-corrected chi connectivity index (χ3v) is 6.13. The number of H-pyrrole nitrogens is 1. The normalized spacial score (nSPS) is 16.0. The molecular weight excluding hydrogens is 400 g/mol. The summed E-state index contributed by atoms with van der Waals surface area (Å²) >= 11 is 0. The fourth-order valence-corrected chi connectivity index (χ4v) is 4.41. The van der Waals surface area contributed by atoms with Crippen LogP contribution in [0.3, 0.4) is 0 Å². The molecule has 1 aliphatic rings. The fourth-order valence-electron chi connectivity index (χ4n) is 4.41. The number of aromatic amines is 1. The predicted molar refractivity (Wildman–Crippen MR) is 125 cm³/mol. The van der Waals surface area contributed by atoms with Crippen molar-refractivity contribution in [1.82, 2.24) is 9.88 Å². The van der Waals surface area contributed by atoms with E-state index in [1.165, 1.54) is 0 Å². The molecule has 5 nitrogen and oxygen atoms in total. The standard InChI is InChI=1S/C27H26N2O3/c1-31-21-9-7-19(8-10-21)17-29-26(13-14-27(29)30)24-16-28-25-12-11-22(15-23(24)25)32-18-20-5-3-2-4-6-20/h2-12,15-16,26,28H,13-14,17-18H2,1H3. The Morgan fingerprint density at radius 1 is 0.969 bits per heavy atom. The van der Waals surface area contributed by atoms with Crippen molar-refractivity contribution in [2.45, 2.75) is 32.0 Å². The first-order chi connectivity index (χ1) is 15.7. The SMILES string of the molecule is COc1ccc(CN2C(=O)CCC2c2c[nH]c3ccc(OCc4ccccc4)cc23)cc1. The maximum absolute atomic E-state index is 12.7. The lowest BCUT2D eigenvalue weighted by molar-refractivity contribution is -0.129. The van der Waals surface area contributed by atoms with E-state index in [4.69, 9.17) is 9.47 Å². The molecule has 1 saturated heterocycles. The van der Waals surface area contributed by atoms with Gasteiger partial charge in [0.2, 0.25) is 5.91 Å². The van der Waals surface area contributed by atoms with Crippen LogP contribution in [-0.2, 0) is 17.9 Å². The van der Waals surface area contributed by atoms with E-state index in [1.807, 2.05) is 65.7 Å². The van der Waals surface area contributed by atoms with Crippen molar-refractivity contribution < 1.29 is 14.3 Å². The number of nitrogens with one attached hydrogen (secondary N) is 1. The topological polar surface area (TPSA) is 54.6 Å². The molecule has 5 heteroatoms. The number of hydrogen-bond acceptors (Lipinski definition) is 3. The van der Waals surface area contributed by atoms with Crippen LogP contribution in [0, 0.1) is 0 Å². The maximum Gasteiger partial charge on any atom is 0.223 e. The summed E-state index contributed by atoms with van der Waals surface area (Å²) in [6.07, 6.45) is 3.42. The minimum Gasteiger partial charge on any atom is -0.497 e. The fraction of sp³-hybridized carbons (Fsp3) is 0.222. The average Bonchev–Trinajstić information content (AvgIpc) is 3.41. The third-order valence-electron chi connectivity index (χ3n) is 6.13. The molecular formula is C27H26N2O3. The lowest BCUT2D eigenvalue weighted by Crippen LogP contribution is -2.27. The first kappa shape index (κ1) is 20.2. The summed E-state index contributed by atoms with van der Waals surface area (Å²) in [7, 11) is 1.66. The molecule has 1 atom stereocenters. The highest BCUT2D eigenvalue weighted by molar-refractivity contribution is 5.87. The van der Waals surface area contributed by atoms with Crippen LogP contribution in [0.4, 0.5) is 0 Å². The Labute approximate surface area is 187 Å². The van der Waals surface area contributed by atoms with E-state index < -0.39 is 0 Å². The summed E-state index contributed by atoms with van der Waals surface area (Å²) in [5.74, 6) is 1.84. The molecule has 4 aromatic rings. The number of hydrogen-bond donors (Lipinski definition) is 1. The second kappa shape index (κ2) is 8.79. The van der Waals surface area contributed by atoms with E-state index in [2.05, 4.69) is 23.2 Å². The molecule has 0 radical (unpaired) electrons. The van der Waals surface area contributed by atoms with E-state index in [1.54, 1.807) is 7.11 Å². The summed E-state index contributed by atoms with van der Waals surface area (Å²) in [5.41, 5.74) is 4.42. The minimum atomic E-state index is 0.0442. The third kappa shape index (κ3) is 4.06. The number of benzene rings is 3. The highest BCUT2D eigenvalue weighted by Gasteiger charge is 2.33. The predicted octanol–water partition coefficient (Wildman–Crippen LogP) is 5.62. The highest BCUT2D eigenvalue weighted by Crippen LogP contribution is 2.38.